The minimum Gasteiger partial charge on any atom is -0.390 e. The highest BCUT2D eigenvalue weighted by Gasteiger charge is 2.69. The highest BCUT2D eigenvalue weighted by molar-refractivity contribution is 5.18. The molecule has 29 heavy (non-hydrogen) atoms. The second-order valence-electron chi connectivity index (χ2n) is 12.7. The van der Waals surface area contributed by atoms with Crippen molar-refractivity contribution >= 4 is 0 Å². The highest BCUT2D eigenvalue weighted by atomic mass is 16.3. The van der Waals surface area contributed by atoms with Gasteiger partial charge in [-0.05, 0) is 91.3 Å². The molecule has 0 aromatic carbocycles. The van der Waals surface area contributed by atoms with Crippen LogP contribution in [0.4, 0.5) is 0 Å². The largest absolute Gasteiger partial charge is 0.390 e. The van der Waals surface area contributed by atoms with Gasteiger partial charge in [0.05, 0.1) is 11.7 Å². The van der Waals surface area contributed by atoms with Crippen LogP contribution in [0, 0.1) is 46.3 Å². The van der Waals surface area contributed by atoms with E-state index >= 15 is 0 Å². The summed E-state index contributed by atoms with van der Waals surface area (Å²) in [5, 5.41) is 23.7. The van der Waals surface area contributed by atoms with Crippen molar-refractivity contribution in [3.05, 3.63) is 0 Å². The Balaban J connectivity index is 1.56. The fourth-order valence-corrected chi connectivity index (χ4v) is 9.35. The SMILES string of the molecule is CC(C)CCC[C@@H](C)[C@@H]1CC[C@@H]2[C@]1(C)CC[C@H]1[C@@]3(C)CCCC[C@@H]3C[C@@H](O)[C@]21O. The van der Waals surface area contributed by atoms with Crippen LogP contribution in [0.25, 0.3) is 0 Å². The van der Waals surface area contributed by atoms with Gasteiger partial charge in [0, 0.05) is 0 Å². The van der Waals surface area contributed by atoms with E-state index in [4.69, 9.17) is 0 Å². The van der Waals surface area contributed by atoms with E-state index in [1.165, 1.54) is 57.8 Å². The van der Waals surface area contributed by atoms with Crippen LogP contribution in [-0.4, -0.2) is 21.9 Å². The van der Waals surface area contributed by atoms with Crippen molar-refractivity contribution in [2.75, 3.05) is 0 Å². The average Bonchev–Trinajstić information content (AvgIpc) is 3.01. The molecule has 0 saturated heterocycles. The molecule has 4 aliphatic rings. The molecule has 0 heterocycles. The molecule has 4 saturated carbocycles. The van der Waals surface area contributed by atoms with Gasteiger partial charge in [-0.2, -0.15) is 0 Å². The molecular weight excluding hydrogens is 356 g/mol. The van der Waals surface area contributed by atoms with Crippen LogP contribution in [0.2, 0.25) is 0 Å². The normalized spacial score (nSPS) is 50.7. The first-order chi connectivity index (χ1) is 13.6. The lowest BCUT2D eigenvalue weighted by Gasteiger charge is -2.66. The summed E-state index contributed by atoms with van der Waals surface area (Å²) >= 11 is 0. The van der Waals surface area contributed by atoms with Gasteiger partial charge in [-0.15, -0.1) is 0 Å². The highest BCUT2D eigenvalue weighted by Crippen LogP contribution is 2.69. The Morgan fingerprint density at radius 1 is 0.862 bits per heavy atom. The maximum absolute atomic E-state index is 12.3. The summed E-state index contributed by atoms with van der Waals surface area (Å²) in [6.45, 7) is 12.1. The molecule has 0 unspecified atom stereocenters. The Bertz CT molecular complexity index is 587. The van der Waals surface area contributed by atoms with Crippen LogP contribution in [-0.2, 0) is 0 Å². The molecule has 0 aromatic heterocycles. The van der Waals surface area contributed by atoms with E-state index in [1.807, 2.05) is 0 Å². The predicted octanol–water partition coefficient (Wildman–Crippen LogP) is 6.58. The number of rotatable bonds is 5. The molecule has 4 aliphatic carbocycles. The van der Waals surface area contributed by atoms with E-state index in [-0.39, 0.29) is 10.8 Å². The van der Waals surface area contributed by atoms with Gasteiger partial charge >= 0.3 is 0 Å². The second-order valence-corrected chi connectivity index (χ2v) is 12.7. The topological polar surface area (TPSA) is 40.5 Å². The summed E-state index contributed by atoms with van der Waals surface area (Å²) in [6, 6.07) is 0. The lowest BCUT2D eigenvalue weighted by atomic mass is 9.42. The van der Waals surface area contributed by atoms with Gasteiger partial charge in [-0.1, -0.05) is 66.7 Å². The van der Waals surface area contributed by atoms with Crippen LogP contribution in [0.5, 0.6) is 0 Å². The second kappa shape index (κ2) is 7.80. The van der Waals surface area contributed by atoms with Crippen LogP contribution >= 0.6 is 0 Å². The molecule has 9 atom stereocenters. The third kappa shape index (κ3) is 3.34. The fourth-order valence-electron chi connectivity index (χ4n) is 9.35. The Morgan fingerprint density at radius 2 is 1.59 bits per heavy atom. The van der Waals surface area contributed by atoms with Crippen LogP contribution in [0.1, 0.15) is 112 Å². The Hall–Kier alpha value is -0.0800. The van der Waals surface area contributed by atoms with Crippen LogP contribution in [0.3, 0.4) is 0 Å². The standard InChI is InChI=1S/C27H48O2/c1-18(2)9-8-10-19(3)21-12-13-22-26(21,5)16-14-23-25(4)15-7-6-11-20(25)17-24(28)27(22,23)29/h18-24,28-29H,6-17H2,1-5H3/t19-,20-,21+,22-,23+,24-,25+,26-,27+/m1/s1. The van der Waals surface area contributed by atoms with E-state index in [0.29, 0.717) is 23.7 Å². The van der Waals surface area contributed by atoms with Crippen molar-refractivity contribution in [2.24, 2.45) is 46.3 Å². The predicted molar refractivity (Wildman–Crippen MR) is 121 cm³/mol. The molecule has 0 amide bonds. The smallest absolute Gasteiger partial charge is 0.0971 e. The van der Waals surface area contributed by atoms with Gasteiger partial charge in [-0.3, -0.25) is 0 Å². The molecule has 0 spiro atoms. The molecular formula is C27H48O2. The number of fused-ring (bicyclic) bond motifs is 5. The van der Waals surface area contributed by atoms with E-state index in [9.17, 15) is 10.2 Å². The number of aliphatic hydroxyl groups excluding tert-OH is 1. The third-order valence-corrected chi connectivity index (χ3v) is 10.9. The first-order valence-corrected chi connectivity index (χ1v) is 13.0. The van der Waals surface area contributed by atoms with Crippen molar-refractivity contribution in [2.45, 2.75) is 123 Å². The molecule has 2 N–H and O–H groups in total. The van der Waals surface area contributed by atoms with Gasteiger partial charge in [0.2, 0.25) is 0 Å². The minimum atomic E-state index is -0.845. The van der Waals surface area contributed by atoms with Crippen molar-refractivity contribution < 1.29 is 10.2 Å². The van der Waals surface area contributed by atoms with Gasteiger partial charge in [0.25, 0.3) is 0 Å². The zero-order valence-corrected chi connectivity index (χ0v) is 19.9. The van der Waals surface area contributed by atoms with Crippen molar-refractivity contribution in [1.29, 1.82) is 0 Å². The molecule has 0 bridgehead atoms. The van der Waals surface area contributed by atoms with Gasteiger partial charge < -0.3 is 10.2 Å². The zero-order chi connectivity index (χ0) is 21.0. The van der Waals surface area contributed by atoms with Gasteiger partial charge in [0.15, 0.2) is 0 Å². The summed E-state index contributed by atoms with van der Waals surface area (Å²) in [6.07, 6.45) is 14.2. The average molecular weight is 405 g/mol. The summed E-state index contributed by atoms with van der Waals surface area (Å²) in [7, 11) is 0. The van der Waals surface area contributed by atoms with Gasteiger partial charge in [-0.25, -0.2) is 0 Å². The maximum Gasteiger partial charge on any atom is 0.0971 e. The maximum atomic E-state index is 12.3. The molecule has 2 nitrogen and oxygen atoms in total. The Kier molecular flexibility index (Phi) is 5.95. The van der Waals surface area contributed by atoms with Crippen LogP contribution in [0.15, 0.2) is 0 Å². The Labute approximate surface area is 180 Å². The number of hydrogen-bond acceptors (Lipinski definition) is 2. The quantitative estimate of drug-likeness (QED) is 0.543. The minimum absolute atomic E-state index is 0.210. The molecule has 0 radical (unpaired) electrons. The van der Waals surface area contributed by atoms with Crippen molar-refractivity contribution in [1.82, 2.24) is 0 Å². The summed E-state index contributed by atoms with van der Waals surface area (Å²) in [5.41, 5.74) is -0.391. The molecule has 0 aliphatic heterocycles. The van der Waals surface area contributed by atoms with Crippen molar-refractivity contribution in [3.63, 3.8) is 0 Å². The first kappa shape index (κ1) is 22.1. The molecule has 168 valence electrons. The van der Waals surface area contributed by atoms with Crippen LogP contribution < -0.4 is 0 Å². The Morgan fingerprint density at radius 3 is 2.31 bits per heavy atom. The van der Waals surface area contributed by atoms with Crippen molar-refractivity contribution in [3.8, 4) is 0 Å². The summed E-state index contributed by atoms with van der Waals surface area (Å²) in [4.78, 5) is 0. The number of hydrogen-bond donors (Lipinski definition) is 2. The van der Waals surface area contributed by atoms with Gasteiger partial charge in [0.1, 0.15) is 0 Å². The summed E-state index contributed by atoms with van der Waals surface area (Å²) < 4.78 is 0. The van der Waals surface area contributed by atoms with E-state index in [2.05, 4.69) is 34.6 Å². The molecule has 4 fully saturated rings. The summed E-state index contributed by atoms with van der Waals surface area (Å²) in [5.74, 6) is 3.47. The first-order valence-electron chi connectivity index (χ1n) is 13.0. The lowest BCUT2D eigenvalue weighted by Crippen LogP contribution is -2.69. The van der Waals surface area contributed by atoms with E-state index in [1.54, 1.807) is 0 Å². The lowest BCUT2D eigenvalue weighted by molar-refractivity contribution is -0.267. The zero-order valence-electron chi connectivity index (χ0n) is 19.9. The monoisotopic (exact) mass is 404 g/mol. The number of aliphatic hydroxyl groups is 2. The molecule has 0 aromatic rings. The van der Waals surface area contributed by atoms with E-state index < -0.39 is 11.7 Å². The molecule has 4 rings (SSSR count). The van der Waals surface area contributed by atoms with E-state index in [0.717, 1.165) is 31.1 Å². The molecule has 2 heteroatoms. The third-order valence-electron chi connectivity index (χ3n) is 10.9. The fraction of sp³-hybridized carbons (Fsp3) is 1.00.